The molecule has 0 aliphatic carbocycles. The summed E-state index contributed by atoms with van der Waals surface area (Å²) in [5.74, 6) is 1.14. The number of aromatic nitrogens is 3. The second-order valence-corrected chi connectivity index (χ2v) is 8.73. The van der Waals surface area contributed by atoms with E-state index in [2.05, 4.69) is 31.2 Å². The SMILES string of the molecule is CC(NC(=O)C1CCN(c2ncnc3c2sc2ncccc23)CC1)c1ccccc1. The number of nitrogens with zero attached hydrogens (tertiary/aromatic N) is 4. The van der Waals surface area contributed by atoms with E-state index in [4.69, 9.17) is 0 Å². The Kier molecular flexibility index (Phi) is 5.04. The quantitative estimate of drug-likeness (QED) is 0.535. The zero-order valence-corrected chi connectivity index (χ0v) is 17.6. The summed E-state index contributed by atoms with van der Waals surface area (Å²) < 4.78 is 1.08. The van der Waals surface area contributed by atoms with Gasteiger partial charge >= 0.3 is 0 Å². The van der Waals surface area contributed by atoms with E-state index in [1.165, 1.54) is 0 Å². The monoisotopic (exact) mass is 417 g/mol. The Morgan fingerprint density at radius 2 is 1.90 bits per heavy atom. The predicted molar refractivity (Wildman–Crippen MR) is 121 cm³/mol. The molecule has 30 heavy (non-hydrogen) atoms. The second kappa shape index (κ2) is 7.99. The summed E-state index contributed by atoms with van der Waals surface area (Å²) in [6.45, 7) is 3.66. The van der Waals surface area contributed by atoms with Gasteiger partial charge in [-0.15, -0.1) is 11.3 Å². The Morgan fingerprint density at radius 3 is 2.70 bits per heavy atom. The second-order valence-electron chi connectivity index (χ2n) is 7.74. The Balaban J connectivity index is 1.29. The maximum Gasteiger partial charge on any atom is 0.223 e. The minimum absolute atomic E-state index is 0.0178. The Bertz CT molecular complexity index is 1180. The van der Waals surface area contributed by atoms with Gasteiger partial charge in [-0.05, 0) is 37.5 Å². The number of amides is 1. The number of benzene rings is 1. The molecule has 4 heterocycles. The van der Waals surface area contributed by atoms with Gasteiger partial charge in [-0.3, -0.25) is 4.79 Å². The van der Waals surface area contributed by atoms with Crippen LogP contribution in [0.15, 0.2) is 55.0 Å². The minimum Gasteiger partial charge on any atom is -0.355 e. The van der Waals surface area contributed by atoms with Crippen LogP contribution in [0.5, 0.6) is 0 Å². The summed E-state index contributed by atoms with van der Waals surface area (Å²) in [6.07, 6.45) is 5.09. The number of fused-ring (bicyclic) bond motifs is 3. The molecule has 0 bridgehead atoms. The van der Waals surface area contributed by atoms with Gasteiger partial charge in [0, 0.05) is 30.6 Å². The first-order valence-corrected chi connectivity index (χ1v) is 11.1. The number of pyridine rings is 1. The highest BCUT2D eigenvalue weighted by Gasteiger charge is 2.28. The number of rotatable bonds is 4. The highest BCUT2D eigenvalue weighted by atomic mass is 32.1. The van der Waals surface area contributed by atoms with Crippen LogP contribution in [0.25, 0.3) is 20.4 Å². The normalized spacial score (nSPS) is 16.1. The minimum atomic E-state index is 0.0178. The van der Waals surface area contributed by atoms with Crippen molar-refractivity contribution in [3.63, 3.8) is 0 Å². The Morgan fingerprint density at radius 1 is 1.10 bits per heavy atom. The Hall–Kier alpha value is -3.06. The summed E-state index contributed by atoms with van der Waals surface area (Å²) in [5.41, 5.74) is 2.09. The molecule has 1 unspecified atom stereocenters. The molecule has 0 spiro atoms. The third kappa shape index (κ3) is 3.50. The first kappa shape index (κ1) is 18.9. The van der Waals surface area contributed by atoms with Crippen molar-refractivity contribution in [2.24, 2.45) is 5.92 Å². The smallest absolute Gasteiger partial charge is 0.223 e. The molecular weight excluding hydrogens is 394 g/mol. The van der Waals surface area contributed by atoms with Crippen LogP contribution in [0, 0.1) is 5.92 Å². The average Bonchev–Trinajstić information content (AvgIpc) is 3.18. The molecule has 0 radical (unpaired) electrons. The molecule has 3 aromatic heterocycles. The van der Waals surface area contributed by atoms with E-state index in [-0.39, 0.29) is 17.9 Å². The third-order valence-electron chi connectivity index (χ3n) is 5.83. The Labute approximate surface area is 179 Å². The average molecular weight is 418 g/mol. The molecule has 5 rings (SSSR count). The van der Waals surface area contributed by atoms with Crippen LogP contribution in [-0.2, 0) is 4.79 Å². The van der Waals surface area contributed by atoms with E-state index < -0.39 is 0 Å². The molecular formula is C23H23N5OS. The lowest BCUT2D eigenvalue weighted by atomic mass is 9.95. The maximum atomic E-state index is 12.8. The lowest BCUT2D eigenvalue weighted by Gasteiger charge is -2.32. The van der Waals surface area contributed by atoms with E-state index in [0.29, 0.717) is 0 Å². The molecule has 152 valence electrons. The van der Waals surface area contributed by atoms with Crippen LogP contribution in [0.1, 0.15) is 31.4 Å². The molecule has 1 aliphatic heterocycles. The zero-order valence-electron chi connectivity index (χ0n) is 16.8. The lowest BCUT2D eigenvalue weighted by Crippen LogP contribution is -2.41. The van der Waals surface area contributed by atoms with Gasteiger partial charge in [-0.25, -0.2) is 15.0 Å². The standard InChI is InChI=1S/C23H23N5OS/c1-15(16-6-3-2-4-7-16)27-22(29)17-9-12-28(13-10-17)21-20-19(25-14-26-21)18-8-5-11-24-23(18)30-20/h2-8,11,14-15,17H,9-10,12-13H2,1H3,(H,27,29). The molecule has 1 fully saturated rings. The number of carbonyl (C=O) groups excluding carboxylic acids is 1. The largest absolute Gasteiger partial charge is 0.355 e. The summed E-state index contributed by atoms with van der Waals surface area (Å²) in [7, 11) is 0. The topological polar surface area (TPSA) is 71.0 Å². The fourth-order valence-corrected chi connectivity index (χ4v) is 5.25. The summed E-state index contributed by atoms with van der Waals surface area (Å²) in [4.78, 5) is 29.6. The number of hydrogen-bond donors (Lipinski definition) is 1. The van der Waals surface area contributed by atoms with Crippen LogP contribution in [0.4, 0.5) is 5.82 Å². The van der Waals surface area contributed by atoms with E-state index in [1.54, 1.807) is 17.7 Å². The summed E-state index contributed by atoms with van der Waals surface area (Å²) in [5, 5.41) is 4.25. The molecule has 1 amide bonds. The molecule has 1 aromatic carbocycles. The molecule has 1 N–H and O–H groups in total. The van der Waals surface area contributed by atoms with Gasteiger partial charge < -0.3 is 10.2 Å². The van der Waals surface area contributed by atoms with Crippen molar-refractivity contribution < 1.29 is 4.79 Å². The van der Waals surface area contributed by atoms with Crippen molar-refractivity contribution in [2.45, 2.75) is 25.8 Å². The van der Waals surface area contributed by atoms with Crippen molar-refractivity contribution in [1.82, 2.24) is 20.3 Å². The van der Waals surface area contributed by atoms with Crippen LogP contribution >= 0.6 is 11.3 Å². The van der Waals surface area contributed by atoms with Gasteiger partial charge in [0.2, 0.25) is 5.91 Å². The van der Waals surface area contributed by atoms with Gasteiger partial charge in [0.15, 0.2) is 0 Å². The van der Waals surface area contributed by atoms with Crippen molar-refractivity contribution >= 4 is 43.5 Å². The van der Waals surface area contributed by atoms with E-state index >= 15 is 0 Å². The highest BCUT2D eigenvalue weighted by Crippen LogP contribution is 2.37. The molecule has 4 aromatic rings. The van der Waals surface area contributed by atoms with Crippen molar-refractivity contribution in [3.8, 4) is 0 Å². The van der Waals surface area contributed by atoms with E-state index in [0.717, 1.165) is 57.7 Å². The molecule has 1 atom stereocenters. The van der Waals surface area contributed by atoms with Crippen molar-refractivity contribution in [2.75, 3.05) is 18.0 Å². The van der Waals surface area contributed by atoms with E-state index in [9.17, 15) is 4.79 Å². The number of thiophene rings is 1. The number of hydrogen-bond acceptors (Lipinski definition) is 6. The molecule has 1 aliphatic rings. The van der Waals surface area contributed by atoms with E-state index in [1.807, 2.05) is 49.5 Å². The number of carbonyl (C=O) groups is 1. The predicted octanol–water partition coefficient (Wildman–Crippen LogP) is 4.33. The van der Waals surface area contributed by atoms with Gasteiger partial charge in [0.1, 0.15) is 17.0 Å². The highest BCUT2D eigenvalue weighted by molar-refractivity contribution is 7.25. The van der Waals surface area contributed by atoms with Crippen LogP contribution in [-0.4, -0.2) is 33.9 Å². The molecule has 7 heteroatoms. The zero-order chi connectivity index (χ0) is 20.5. The summed E-state index contributed by atoms with van der Waals surface area (Å²) in [6, 6.07) is 14.1. The summed E-state index contributed by atoms with van der Waals surface area (Å²) >= 11 is 1.64. The van der Waals surface area contributed by atoms with Crippen LogP contribution in [0.3, 0.4) is 0 Å². The van der Waals surface area contributed by atoms with Crippen LogP contribution in [0.2, 0.25) is 0 Å². The maximum absolute atomic E-state index is 12.8. The third-order valence-corrected chi connectivity index (χ3v) is 6.93. The van der Waals surface area contributed by atoms with Crippen LogP contribution < -0.4 is 10.2 Å². The first-order chi connectivity index (χ1) is 14.7. The number of piperidine rings is 1. The fourth-order valence-electron chi connectivity index (χ4n) is 4.13. The number of nitrogens with one attached hydrogen (secondary N) is 1. The fraction of sp³-hybridized carbons (Fsp3) is 0.304. The van der Waals surface area contributed by atoms with Gasteiger partial charge in [0.05, 0.1) is 16.3 Å². The first-order valence-electron chi connectivity index (χ1n) is 10.3. The molecule has 1 saturated heterocycles. The van der Waals surface area contributed by atoms with Crippen molar-refractivity contribution in [3.05, 3.63) is 60.6 Å². The lowest BCUT2D eigenvalue weighted by molar-refractivity contribution is -0.126. The molecule has 6 nitrogen and oxygen atoms in total. The van der Waals surface area contributed by atoms with Gasteiger partial charge in [-0.1, -0.05) is 30.3 Å². The van der Waals surface area contributed by atoms with Gasteiger partial charge in [-0.2, -0.15) is 0 Å². The number of anilines is 1. The molecule has 0 saturated carbocycles. The van der Waals surface area contributed by atoms with Gasteiger partial charge in [0.25, 0.3) is 0 Å². The van der Waals surface area contributed by atoms with Crippen molar-refractivity contribution in [1.29, 1.82) is 0 Å².